The van der Waals surface area contributed by atoms with E-state index >= 15 is 0 Å². The maximum Gasteiger partial charge on any atom is 0.287 e. The quantitative estimate of drug-likeness (QED) is 0.921. The molecule has 0 aliphatic carbocycles. The molecule has 4 nitrogen and oxygen atoms in total. The smallest absolute Gasteiger partial charge is 0.287 e. The molecule has 102 valence electrons. The van der Waals surface area contributed by atoms with E-state index < -0.39 is 0 Å². The molecule has 1 N–H and O–H groups in total. The van der Waals surface area contributed by atoms with E-state index in [2.05, 4.69) is 29.5 Å². The minimum absolute atomic E-state index is 0.205. The van der Waals surface area contributed by atoms with E-state index in [4.69, 9.17) is 11.6 Å². The lowest BCUT2D eigenvalue weighted by Crippen LogP contribution is -2.24. The van der Waals surface area contributed by atoms with Crippen molar-refractivity contribution in [2.45, 2.75) is 33.4 Å². The topological polar surface area (TPSA) is 46.9 Å². The summed E-state index contributed by atoms with van der Waals surface area (Å²) >= 11 is 7.79. The van der Waals surface area contributed by atoms with Crippen LogP contribution in [0.2, 0.25) is 5.02 Å². The molecule has 0 saturated carbocycles. The van der Waals surface area contributed by atoms with Crippen LogP contribution >= 0.6 is 22.9 Å². The lowest BCUT2D eigenvalue weighted by atomic mass is 10.4. The van der Waals surface area contributed by atoms with Crippen molar-refractivity contribution >= 4 is 28.6 Å². The molecule has 0 amide bonds. The standard InChI is InChI=1S/C13H16ClN3OS/c1-3-6-17-13(18)12(14)11(8-16-17)15-7-10-5-4-9(2)19-10/h4-5,8,15H,3,6-7H2,1-2H3. The fourth-order valence-electron chi connectivity index (χ4n) is 1.72. The van der Waals surface area contributed by atoms with Crippen molar-refractivity contribution in [2.24, 2.45) is 0 Å². The van der Waals surface area contributed by atoms with Gasteiger partial charge in [-0.05, 0) is 25.5 Å². The average molecular weight is 298 g/mol. The van der Waals surface area contributed by atoms with E-state index in [9.17, 15) is 4.79 Å². The summed E-state index contributed by atoms with van der Waals surface area (Å²) in [5, 5.41) is 7.47. The Bertz CT molecular complexity index is 621. The maximum absolute atomic E-state index is 11.9. The molecule has 19 heavy (non-hydrogen) atoms. The number of nitrogens with zero attached hydrogens (tertiary/aromatic N) is 2. The van der Waals surface area contributed by atoms with Gasteiger partial charge < -0.3 is 5.32 Å². The van der Waals surface area contributed by atoms with Crippen molar-refractivity contribution < 1.29 is 0 Å². The van der Waals surface area contributed by atoms with Crippen LogP contribution in [0.1, 0.15) is 23.1 Å². The summed E-state index contributed by atoms with van der Waals surface area (Å²) in [7, 11) is 0. The molecule has 0 bridgehead atoms. The lowest BCUT2D eigenvalue weighted by Gasteiger charge is -2.08. The highest BCUT2D eigenvalue weighted by Gasteiger charge is 2.08. The van der Waals surface area contributed by atoms with E-state index in [1.807, 2.05) is 6.92 Å². The fourth-order valence-corrected chi connectivity index (χ4v) is 2.77. The van der Waals surface area contributed by atoms with Gasteiger partial charge in [0.15, 0.2) is 0 Å². The highest BCUT2D eigenvalue weighted by atomic mass is 35.5. The number of aryl methyl sites for hydroxylation is 2. The van der Waals surface area contributed by atoms with Crippen LogP contribution in [-0.2, 0) is 13.1 Å². The Balaban J connectivity index is 2.13. The number of anilines is 1. The summed E-state index contributed by atoms with van der Waals surface area (Å²) in [6.45, 7) is 5.29. The van der Waals surface area contributed by atoms with Crippen LogP contribution in [0, 0.1) is 6.92 Å². The fraction of sp³-hybridized carbons (Fsp3) is 0.385. The largest absolute Gasteiger partial charge is 0.377 e. The molecule has 2 aromatic heterocycles. The highest BCUT2D eigenvalue weighted by molar-refractivity contribution is 7.11. The minimum atomic E-state index is -0.240. The third-order valence-electron chi connectivity index (χ3n) is 2.67. The first kappa shape index (κ1) is 14.1. The summed E-state index contributed by atoms with van der Waals surface area (Å²) in [4.78, 5) is 14.4. The van der Waals surface area contributed by atoms with E-state index in [-0.39, 0.29) is 10.6 Å². The monoisotopic (exact) mass is 297 g/mol. The number of aromatic nitrogens is 2. The molecule has 0 saturated heterocycles. The molecular formula is C13H16ClN3OS. The summed E-state index contributed by atoms with van der Waals surface area (Å²) in [5.74, 6) is 0. The predicted molar refractivity (Wildman–Crippen MR) is 80.2 cm³/mol. The van der Waals surface area contributed by atoms with Crippen LogP contribution in [0.3, 0.4) is 0 Å². The Morgan fingerprint density at radius 3 is 2.89 bits per heavy atom. The van der Waals surface area contributed by atoms with Gasteiger partial charge in [-0.25, -0.2) is 4.68 Å². The van der Waals surface area contributed by atoms with Crippen LogP contribution in [0.4, 0.5) is 5.69 Å². The van der Waals surface area contributed by atoms with Crippen LogP contribution in [0.25, 0.3) is 0 Å². The Labute approximate surface area is 121 Å². The number of thiophene rings is 1. The highest BCUT2D eigenvalue weighted by Crippen LogP contribution is 2.19. The first-order valence-corrected chi connectivity index (χ1v) is 7.36. The van der Waals surface area contributed by atoms with Gasteiger partial charge in [-0.1, -0.05) is 18.5 Å². The Hall–Kier alpha value is -1.33. The van der Waals surface area contributed by atoms with Gasteiger partial charge in [0.25, 0.3) is 5.56 Å². The Kier molecular flexibility index (Phi) is 4.61. The molecule has 2 heterocycles. The third kappa shape index (κ3) is 3.36. The number of hydrogen-bond acceptors (Lipinski definition) is 4. The van der Waals surface area contributed by atoms with Gasteiger partial charge in [-0.3, -0.25) is 4.79 Å². The average Bonchev–Trinajstić information content (AvgIpc) is 2.80. The van der Waals surface area contributed by atoms with Crippen molar-refractivity contribution in [1.29, 1.82) is 0 Å². The first-order chi connectivity index (χ1) is 9.11. The first-order valence-electron chi connectivity index (χ1n) is 6.16. The number of nitrogens with one attached hydrogen (secondary N) is 1. The molecular weight excluding hydrogens is 282 g/mol. The second-order valence-corrected chi connectivity index (χ2v) is 6.02. The van der Waals surface area contributed by atoms with Gasteiger partial charge in [0.2, 0.25) is 0 Å². The molecule has 2 aromatic rings. The normalized spacial score (nSPS) is 10.7. The van der Waals surface area contributed by atoms with Crippen molar-refractivity contribution in [1.82, 2.24) is 9.78 Å². The van der Waals surface area contributed by atoms with Crippen LogP contribution in [0.5, 0.6) is 0 Å². The molecule has 0 aliphatic heterocycles. The molecule has 0 spiro atoms. The van der Waals surface area contributed by atoms with Gasteiger partial charge in [-0.2, -0.15) is 5.10 Å². The molecule has 0 atom stereocenters. The van der Waals surface area contributed by atoms with E-state index in [0.29, 0.717) is 18.8 Å². The number of halogens is 1. The molecule has 0 fully saturated rings. The van der Waals surface area contributed by atoms with Crippen molar-refractivity contribution in [3.8, 4) is 0 Å². The third-order valence-corrected chi connectivity index (χ3v) is 4.04. The minimum Gasteiger partial charge on any atom is -0.377 e. The van der Waals surface area contributed by atoms with Gasteiger partial charge in [-0.15, -0.1) is 11.3 Å². The van der Waals surface area contributed by atoms with Crippen molar-refractivity contribution in [2.75, 3.05) is 5.32 Å². The summed E-state index contributed by atoms with van der Waals surface area (Å²) in [6.07, 6.45) is 2.46. The molecule has 0 radical (unpaired) electrons. The molecule has 0 aromatic carbocycles. The Morgan fingerprint density at radius 1 is 1.47 bits per heavy atom. The van der Waals surface area contributed by atoms with Crippen LogP contribution in [-0.4, -0.2) is 9.78 Å². The second-order valence-electron chi connectivity index (χ2n) is 4.27. The zero-order chi connectivity index (χ0) is 13.8. The van der Waals surface area contributed by atoms with Gasteiger partial charge >= 0.3 is 0 Å². The molecule has 0 unspecified atom stereocenters. The molecule has 0 aliphatic rings. The van der Waals surface area contributed by atoms with Gasteiger partial charge in [0.1, 0.15) is 5.02 Å². The number of hydrogen-bond donors (Lipinski definition) is 1. The SMILES string of the molecule is CCCn1ncc(NCc2ccc(C)s2)c(Cl)c1=O. The predicted octanol–water partition coefficient (Wildman–Crippen LogP) is 3.29. The second kappa shape index (κ2) is 6.21. The maximum atomic E-state index is 11.9. The molecule has 2 rings (SSSR count). The van der Waals surface area contributed by atoms with Crippen molar-refractivity contribution in [3.63, 3.8) is 0 Å². The van der Waals surface area contributed by atoms with E-state index in [0.717, 1.165) is 6.42 Å². The van der Waals surface area contributed by atoms with Crippen LogP contribution in [0.15, 0.2) is 23.1 Å². The van der Waals surface area contributed by atoms with E-state index in [1.54, 1.807) is 17.5 Å². The van der Waals surface area contributed by atoms with Crippen molar-refractivity contribution in [3.05, 3.63) is 43.5 Å². The van der Waals surface area contributed by atoms with Gasteiger partial charge in [0.05, 0.1) is 11.9 Å². The van der Waals surface area contributed by atoms with Gasteiger partial charge in [0, 0.05) is 22.8 Å². The Morgan fingerprint density at radius 2 is 2.26 bits per heavy atom. The summed E-state index contributed by atoms with van der Waals surface area (Å²) < 4.78 is 1.39. The molecule has 6 heteroatoms. The zero-order valence-corrected chi connectivity index (χ0v) is 12.5. The lowest BCUT2D eigenvalue weighted by molar-refractivity contribution is 0.568. The van der Waals surface area contributed by atoms with E-state index in [1.165, 1.54) is 14.4 Å². The number of rotatable bonds is 5. The zero-order valence-electron chi connectivity index (χ0n) is 10.9. The van der Waals surface area contributed by atoms with Crippen LogP contribution < -0.4 is 10.9 Å². The summed E-state index contributed by atoms with van der Waals surface area (Å²) in [5.41, 5.74) is 0.348. The summed E-state index contributed by atoms with van der Waals surface area (Å²) in [6, 6.07) is 4.13.